The van der Waals surface area contributed by atoms with Crippen molar-refractivity contribution in [3.8, 4) is 0 Å². The number of nitrogens with one attached hydrogen (secondary N) is 1. The van der Waals surface area contributed by atoms with Gasteiger partial charge in [-0.2, -0.15) is 0 Å². The summed E-state index contributed by atoms with van der Waals surface area (Å²) in [6.45, 7) is 1.95. The number of hydrogen-bond acceptors (Lipinski definition) is 3. The fourth-order valence-corrected chi connectivity index (χ4v) is 1.01. The van der Waals surface area contributed by atoms with Crippen molar-refractivity contribution in [1.29, 1.82) is 0 Å². The predicted octanol–water partition coefficient (Wildman–Crippen LogP) is 1.02. The average molecular weight is 244 g/mol. The Labute approximate surface area is 100 Å². The van der Waals surface area contributed by atoms with Crippen LogP contribution in [0.2, 0.25) is 0 Å². The zero-order valence-electron chi connectivity index (χ0n) is 9.06. The van der Waals surface area contributed by atoms with Gasteiger partial charge in [0.25, 0.3) is 5.91 Å². The number of hydrogen-bond donors (Lipinski definition) is 2. The fraction of sp³-hybridized carbons (Fsp3) is 0.200. The summed E-state index contributed by atoms with van der Waals surface area (Å²) < 4.78 is 0. The predicted molar refractivity (Wildman–Crippen MR) is 64.5 cm³/mol. The molecule has 88 valence electrons. The maximum absolute atomic E-state index is 11.5. The molecule has 0 heterocycles. The van der Waals surface area contributed by atoms with E-state index in [-0.39, 0.29) is 24.3 Å². The Hall–Kier alpha value is -1.75. The van der Waals surface area contributed by atoms with Crippen LogP contribution in [0.15, 0.2) is 29.4 Å². The van der Waals surface area contributed by atoms with Crippen LogP contribution in [-0.2, 0) is 4.84 Å². The molecule has 6 heteroatoms. The third kappa shape index (κ3) is 4.18. The average Bonchev–Trinajstić information content (AvgIpc) is 2.18. The first-order chi connectivity index (χ1) is 7.13. The second-order valence-corrected chi connectivity index (χ2v) is 2.98. The maximum Gasteiger partial charge on any atom is 0.258 e. The molecule has 1 amide bonds. The van der Waals surface area contributed by atoms with Crippen molar-refractivity contribution in [1.82, 2.24) is 5.32 Å². The second-order valence-electron chi connectivity index (χ2n) is 2.98. The molecule has 0 aromatic heterocycles. The highest BCUT2D eigenvalue weighted by Gasteiger charge is 2.05. The molecular weight excluding hydrogens is 230 g/mol. The molecule has 16 heavy (non-hydrogen) atoms. The number of oxime groups is 1. The smallest absolute Gasteiger partial charge is 0.258 e. The zero-order valence-corrected chi connectivity index (χ0v) is 9.88. The van der Waals surface area contributed by atoms with Crippen LogP contribution < -0.4 is 11.1 Å². The summed E-state index contributed by atoms with van der Waals surface area (Å²) in [6, 6.07) is 7.12. The Morgan fingerprint density at radius 1 is 1.38 bits per heavy atom. The van der Waals surface area contributed by atoms with Crippen molar-refractivity contribution in [2.75, 3.05) is 7.11 Å². The van der Waals surface area contributed by atoms with Crippen LogP contribution in [0.5, 0.6) is 0 Å². The summed E-state index contributed by atoms with van der Waals surface area (Å²) in [5.41, 5.74) is 6.96. The van der Waals surface area contributed by atoms with Crippen molar-refractivity contribution in [2.24, 2.45) is 10.9 Å². The van der Waals surface area contributed by atoms with Gasteiger partial charge in [0.1, 0.15) is 7.11 Å². The number of rotatable bonds is 2. The Balaban J connectivity index is 0.00000225. The molecule has 0 spiro atoms. The molecule has 1 aromatic rings. The number of carbonyl (C=O) groups is 1. The number of nitrogens with two attached hydrogens (primary N) is 1. The summed E-state index contributed by atoms with van der Waals surface area (Å²) in [7, 11) is 1.35. The number of nitrogens with zero attached hydrogens (tertiary/aromatic N) is 1. The molecule has 0 aliphatic heterocycles. The maximum atomic E-state index is 11.5. The lowest BCUT2D eigenvalue weighted by molar-refractivity contribution is 0.0974. The first kappa shape index (κ1) is 14.2. The summed E-state index contributed by atoms with van der Waals surface area (Å²) >= 11 is 0. The standard InChI is InChI=1S/C10H13N3O2.ClH/c1-7-3-5-8(6-4-7)9(14)12-10(11)13-15-2;/h3-6H,1-2H3,(H3,11,12,13,14);1H. The molecule has 0 radical (unpaired) electrons. The van der Waals surface area contributed by atoms with Gasteiger partial charge in [-0.15, -0.1) is 12.4 Å². The van der Waals surface area contributed by atoms with Gasteiger partial charge in [-0.05, 0) is 24.2 Å². The number of guanidine groups is 1. The Kier molecular flexibility index (Phi) is 5.95. The van der Waals surface area contributed by atoms with Crippen molar-refractivity contribution in [3.63, 3.8) is 0 Å². The monoisotopic (exact) mass is 243 g/mol. The normalized spacial score (nSPS) is 10.2. The highest BCUT2D eigenvalue weighted by atomic mass is 35.5. The number of benzene rings is 1. The Bertz CT molecular complexity index is 376. The molecule has 0 aliphatic carbocycles. The van der Waals surface area contributed by atoms with Crippen molar-refractivity contribution < 1.29 is 9.63 Å². The molecule has 0 aliphatic rings. The lowest BCUT2D eigenvalue weighted by atomic mass is 10.1. The van der Waals surface area contributed by atoms with Gasteiger partial charge < -0.3 is 10.6 Å². The molecule has 0 unspecified atom stereocenters. The number of amides is 1. The van der Waals surface area contributed by atoms with Crippen LogP contribution in [0.25, 0.3) is 0 Å². The first-order valence-corrected chi connectivity index (χ1v) is 4.38. The molecule has 0 bridgehead atoms. The van der Waals surface area contributed by atoms with E-state index in [9.17, 15) is 4.79 Å². The highest BCUT2D eigenvalue weighted by molar-refractivity contribution is 6.05. The molecular formula is C10H14ClN3O2. The van der Waals surface area contributed by atoms with Gasteiger partial charge in [-0.1, -0.05) is 17.7 Å². The van der Waals surface area contributed by atoms with Crippen LogP contribution in [0, 0.1) is 6.92 Å². The quantitative estimate of drug-likeness (QED) is 0.463. The molecule has 0 atom stereocenters. The topological polar surface area (TPSA) is 76.7 Å². The van der Waals surface area contributed by atoms with E-state index < -0.39 is 0 Å². The minimum absolute atomic E-state index is 0. The summed E-state index contributed by atoms with van der Waals surface area (Å²) in [5, 5.41) is 5.75. The number of halogens is 1. The van der Waals surface area contributed by atoms with Crippen molar-refractivity contribution in [3.05, 3.63) is 35.4 Å². The number of carbonyl (C=O) groups excluding carboxylic acids is 1. The van der Waals surface area contributed by atoms with Crippen LogP contribution in [0.3, 0.4) is 0 Å². The fourth-order valence-electron chi connectivity index (χ4n) is 1.01. The van der Waals surface area contributed by atoms with Crippen molar-refractivity contribution >= 4 is 24.3 Å². The second kappa shape index (κ2) is 6.68. The van der Waals surface area contributed by atoms with E-state index in [0.717, 1.165) is 5.56 Å². The Morgan fingerprint density at radius 2 is 1.94 bits per heavy atom. The molecule has 3 N–H and O–H groups in total. The van der Waals surface area contributed by atoms with E-state index in [0.29, 0.717) is 5.56 Å². The van der Waals surface area contributed by atoms with E-state index in [2.05, 4.69) is 15.3 Å². The van der Waals surface area contributed by atoms with Crippen LogP contribution >= 0.6 is 12.4 Å². The van der Waals surface area contributed by atoms with E-state index in [1.54, 1.807) is 12.1 Å². The minimum atomic E-state index is -0.312. The van der Waals surface area contributed by atoms with E-state index in [1.165, 1.54) is 7.11 Å². The van der Waals surface area contributed by atoms with E-state index >= 15 is 0 Å². The summed E-state index contributed by atoms with van der Waals surface area (Å²) in [6.07, 6.45) is 0. The lowest BCUT2D eigenvalue weighted by Crippen LogP contribution is -2.36. The Morgan fingerprint density at radius 3 is 2.44 bits per heavy atom. The summed E-state index contributed by atoms with van der Waals surface area (Å²) in [4.78, 5) is 15.9. The SMILES string of the molecule is CON=C(N)NC(=O)c1ccc(C)cc1.Cl. The minimum Gasteiger partial charge on any atom is -0.396 e. The molecule has 1 rings (SSSR count). The van der Waals surface area contributed by atoms with Crippen LogP contribution in [-0.4, -0.2) is 19.0 Å². The largest absolute Gasteiger partial charge is 0.396 e. The molecule has 0 fully saturated rings. The van der Waals surface area contributed by atoms with E-state index in [1.807, 2.05) is 19.1 Å². The molecule has 0 saturated heterocycles. The number of aryl methyl sites for hydroxylation is 1. The molecule has 0 saturated carbocycles. The van der Waals surface area contributed by atoms with Gasteiger partial charge in [0.05, 0.1) is 0 Å². The van der Waals surface area contributed by atoms with Gasteiger partial charge in [-0.25, -0.2) is 0 Å². The lowest BCUT2D eigenvalue weighted by Gasteiger charge is -2.03. The summed E-state index contributed by atoms with van der Waals surface area (Å²) in [5.74, 6) is -0.378. The third-order valence-electron chi connectivity index (χ3n) is 1.74. The van der Waals surface area contributed by atoms with Crippen LogP contribution in [0.4, 0.5) is 0 Å². The molecule has 1 aromatic carbocycles. The van der Waals surface area contributed by atoms with Gasteiger partial charge in [0.15, 0.2) is 0 Å². The van der Waals surface area contributed by atoms with Gasteiger partial charge in [-0.3, -0.25) is 10.1 Å². The molecule has 5 nitrogen and oxygen atoms in total. The van der Waals surface area contributed by atoms with Crippen LogP contribution in [0.1, 0.15) is 15.9 Å². The zero-order chi connectivity index (χ0) is 11.3. The van der Waals surface area contributed by atoms with Gasteiger partial charge in [0.2, 0.25) is 5.96 Å². The van der Waals surface area contributed by atoms with Crippen molar-refractivity contribution in [2.45, 2.75) is 6.92 Å². The first-order valence-electron chi connectivity index (χ1n) is 4.38. The van der Waals surface area contributed by atoms with E-state index in [4.69, 9.17) is 5.73 Å². The highest BCUT2D eigenvalue weighted by Crippen LogP contribution is 2.02. The third-order valence-corrected chi connectivity index (χ3v) is 1.74. The van der Waals surface area contributed by atoms with Gasteiger partial charge >= 0.3 is 0 Å². The van der Waals surface area contributed by atoms with Gasteiger partial charge in [0, 0.05) is 5.56 Å².